The normalized spacial score (nSPS) is 10.4. The Kier molecular flexibility index (Phi) is 6.86. The largest absolute Gasteiger partial charge is 1.00 e. The highest BCUT2D eigenvalue weighted by molar-refractivity contribution is 6.31. The van der Waals surface area contributed by atoms with Gasteiger partial charge in [-0.15, -0.1) is 0 Å². The zero-order valence-corrected chi connectivity index (χ0v) is 17.9. The van der Waals surface area contributed by atoms with E-state index in [0.29, 0.717) is 16.7 Å². The molecule has 0 amide bonds. The summed E-state index contributed by atoms with van der Waals surface area (Å²) < 4.78 is 5.84. The van der Waals surface area contributed by atoms with Crippen molar-refractivity contribution in [1.82, 2.24) is 4.98 Å². The lowest BCUT2D eigenvalue weighted by Gasteiger charge is -2.12. The van der Waals surface area contributed by atoms with E-state index in [0.717, 1.165) is 39.3 Å². The molecule has 29 heavy (non-hydrogen) atoms. The second-order valence-corrected chi connectivity index (χ2v) is 7.35. The molecule has 3 aromatic carbocycles. The summed E-state index contributed by atoms with van der Waals surface area (Å²) in [4.78, 5) is 4.56. The maximum atomic E-state index is 6.17. The maximum Gasteiger partial charge on any atom is 0.119 e. The van der Waals surface area contributed by atoms with E-state index in [1.807, 2.05) is 79.7 Å². The number of anilines is 2. The Morgan fingerprint density at radius 3 is 2.45 bits per heavy atom. The molecular weight excluding hydrogens is 427 g/mol. The first kappa shape index (κ1) is 21.3. The molecule has 4 aromatic rings. The minimum absolute atomic E-state index is 0. The van der Waals surface area contributed by atoms with Crippen LogP contribution >= 0.6 is 23.2 Å². The molecule has 0 aliphatic rings. The van der Waals surface area contributed by atoms with Crippen LogP contribution in [0.4, 0.5) is 11.4 Å². The van der Waals surface area contributed by atoms with Crippen molar-refractivity contribution in [3.8, 4) is 5.75 Å². The molecule has 0 aliphatic heterocycles. The summed E-state index contributed by atoms with van der Waals surface area (Å²) in [5, 5.41) is 5.83. The smallest absolute Gasteiger partial charge is 0.119 e. The van der Waals surface area contributed by atoms with E-state index in [-0.39, 0.29) is 12.4 Å². The quantitative estimate of drug-likeness (QED) is 0.501. The van der Waals surface area contributed by atoms with Gasteiger partial charge in [0.05, 0.1) is 5.52 Å². The SMILES string of the molecule is Cc1cc(Nc2ccc(OCc3ccccc3Cl)cc2)c2cc(Cl)ccc2n1.[Cl-]. The van der Waals surface area contributed by atoms with Crippen molar-refractivity contribution < 1.29 is 17.1 Å². The molecule has 0 radical (unpaired) electrons. The predicted molar refractivity (Wildman–Crippen MR) is 117 cm³/mol. The molecule has 0 unspecified atom stereocenters. The van der Waals surface area contributed by atoms with E-state index in [1.54, 1.807) is 0 Å². The molecule has 1 heterocycles. The molecule has 6 heteroatoms. The fourth-order valence-electron chi connectivity index (χ4n) is 3.00. The third-order valence-electron chi connectivity index (χ3n) is 4.38. The van der Waals surface area contributed by atoms with Crippen LogP contribution in [0, 0.1) is 6.92 Å². The lowest BCUT2D eigenvalue weighted by Crippen LogP contribution is -3.00. The van der Waals surface area contributed by atoms with E-state index in [4.69, 9.17) is 27.9 Å². The molecule has 1 aromatic heterocycles. The van der Waals surface area contributed by atoms with Crippen LogP contribution in [0.1, 0.15) is 11.3 Å². The third kappa shape index (κ3) is 5.13. The molecule has 148 valence electrons. The van der Waals surface area contributed by atoms with Gasteiger partial charge in [-0.25, -0.2) is 0 Å². The third-order valence-corrected chi connectivity index (χ3v) is 4.99. The highest BCUT2D eigenvalue weighted by Gasteiger charge is 2.06. The summed E-state index contributed by atoms with van der Waals surface area (Å²) in [6.07, 6.45) is 0. The highest BCUT2D eigenvalue weighted by atomic mass is 35.5. The van der Waals surface area contributed by atoms with Crippen molar-refractivity contribution in [3.05, 3.63) is 94.1 Å². The zero-order valence-electron chi connectivity index (χ0n) is 15.6. The molecular formula is C23H18Cl3N2O-. The fourth-order valence-corrected chi connectivity index (χ4v) is 3.36. The first-order valence-electron chi connectivity index (χ1n) is 8.89. The highest BCUT2D eigenvalue weighted by Crippen LogP contribution is 2.29. The molecule has 0 saturated carbocycles. The second-order valence-electron chi connectivity index (χ2n) is 6.50. The van der Waals surface area contributed by atoms with Crippen molar-refractivity contribution >= 4 is 45.5 Å². The van der Waals surface area contributed by atoms with Crippen molar-refractivity contribution in [1.29, 1.82) is 0 Å². The summed E-state index contributed by atoms with van der Waals surface area (Å²) >= 11 is 12.3. The first-order valence-corrected chi connectivity index (χ1v) is 9.64. The molecule has 0 atom stereocenters. The van der Waals surface area contributed by atoms with Gasteiger partial charge >= 0.3 is 0 Å². The number of benzene rings is 3. The number of pyridine rings is 1. The van der Waals surface area contributed by atoms with Gasteiger partial charge in [0.15, 0.2) is 0 Å². The molecule has 0 fully saturated rings. The Bertz CT molecular complexity index is 1130. The number of fused-ring (bicyclic) bond motifs is 1. The number of rotatable bonds is 5. The predicted octanol–water partition coefficient (Wildman–Crippen LogP) is 4.18. The van der Waals surface area contributed by atoms with E-state index >= 15 is 0 Å². The molecule has 4 rings (SSSR count). The van der Waals surface area contributed by atoms with Crippen LogP contribution in [-0.4, -0.2) is 4.98 Å². The van der Waals surface area contributed by atoms with Gasteiger partial charge in [0.2, 0.25) is 0 Å². The number of hydrogen-bond donors (Lipinski definition) is 1. The Hall–Kier alpha value is -2.46. The van der Waals surface area contributed by atoms with Crippen LogP contribution in [0.15, 0.2) is 72.8 Å². The van der Waals surface area contributed by atoms with E-state index in [9.17, 15) is 0 Å². The van der Waals surface area contributed by atoms with E-state index in [2.05, 4.69) is 10.3 Å². The zero-order chi connectivity index (χ0) is 19.5. The molecule has 0 bridgehead atoms. The minimum atomic E-state index is 0. The summed E-state index contributed by atoms with van der Waals surface area (Å²) in [5.41, 5.74) is 4.73. The van der Waals surface area contributed by atoms with Gasteiger partial charge in [-0.2, -0.15) is 0 Å². The number of aryl methyl sites for hydroxylation is 1. The number of nitrogens with one attached hydrogen (secondary N) is 1. The summed E-state index contributed by atoms with van der Waals surface area (Å²) in [6, 6.07) is 23.2. The van der Waals surface area contributed by atoms with Crippen molar-refractivity contribution in [3.63, 3.8) is 0 Å². The number of nitrogens with zero attached hydrogens (tertiary/aromatic N) is 1. The van der Waals surface area contributed by atoms with Crippen LogP contribution in [0.25, 0.3) is 10.9 Å². The van der Waals surface area contributed by atoms with Crippen LogP contribution in [0.5, 0.6) is 5.75 Å². The van der Waals surface area contributed by atoms with E-state index < -0.39 is 0 Å². The van der Waals surface area contributed by atoms with E-state index in [1.165, 1.54) is 0 Å². The van der Waals surface area contributed by atoms with Crippen LogP contribution in [0.3, 0.4) is 0 Å². The number of halogens is 3. The lowest BCUT2D eigenvalue weighted by molar-refractivity contribution is -0.00000584. The number of ether oxygens (including phenoxy) is 1. The standard InChI is InChI=1S/C23H18Cl2N2O.ClH/c1-15-12-23(20-13-17(24)6-11-22(20)26-15)27-18-7-9-19(10-8-18)28-14-16-4-2-3-5-21(16)25;/h2-13H,14H2,1H3,(H,26,27);1H/p-1. The summed E-state index contributed by atoms with van der Waals surface area (Å²) in [5.74, 6) is 0.782. The summed E-state index contributed by atoms with van der Waals surface area (Å²) in [7, 11) is 0. The van der Waals surface area contributed by atoms with Gasteiger partial charge in [-0.3, -0.25) is 4.98 Å². The fraction of sp³-hybridized carbons (Fsp3) is 0.0870. The van der Waals surface area contributed by atoms with Gasteiger partial charge < -0.3 is 22.5 Å². The van der Waals surface area contributed by atoms with Crippen molar-refractivity contribution in [2.75, 3.05) is 5.32 Å². The van der Waals surface area contributed by atoms with Gasteiger partial charge in [0.1, 0.15) is 12.4 Å². The topological polar surface area (TPSA) is 34.1 Å². The average molecular weight is 445 g/mol. The maximum absolute atomic E-state index is 6.17. The van der Waals surface area contributed by atoms with Gasteiger partial charge in [0, 0.05) is 38.1 Å². The van der Waals surface area contributed by atoms with Crippen LogP contribution in [-0.2, 0) is 6.61 Å². The van der Waals surface area contributed by atoms with Crippen LogP contribution in [0.2, 0.25) is 10.0 Å². The van der Waals surface area contributed by atoms with Gasteiger partial charge in [0.25, 0.3) is 0 Å². The number of hydrogen-bond acceptors (Lipinski definition) is 3. The molecule has 0 spiro atoms. The lowest BCUT2D eigenvalue weighted by atomic mass is 10.1. The summed E-state index contributed by atoms with van der Waals surface area (Å²) in [6.45, 7) is 2.41. The molecule has 1 N–H and O–H groups in total. The monoisotopic (exact) mass is 443 g/mol. The molecule has 0 aliphatic carbocycles. The van der Waals surface area contributed by atoms with Crippen molar-refractivity contribution in [2.45, 2.75) is 13.5 Å². The first-order chi connectivity index (χ1) is 13.6. The van der Waals surface area contributed by atoms with Gasteiger partial charge in [-0.05, 0) is 61.5 Å². The Balaban J connectivity index is 0.00000240. The second kappa shape index (κ2) is 9.36. The van der Waals surface area contributed by atoms with Crippen molar-refractivity contribution in [2.24, 2.45) is 0 Å². The molecule has 0 saturated heterocycles. The van der Waals surface area contributed by atoms with Gasteiger partial charge in [-0.1, -0.05) is 41.4 Å². The Morgan fingerprint density at radius 1 is 0.931 bits per heavy atom. The Morgan fingerprint density at radius 2 is 1.69 bits per heavy atom. The average Bonchev–Trinajstić information content (AvgIpc) is 2.69. The molecule has 3 nitrogen and oxygen atoms in total. The number of aromatic nitrogens is 1. The minimum Gasteiger partial charge on any atom is -1.00 e. The Labute approximate surface area is 186 Å². The van der Waals surface area contributed by atoms with Crippen LogP contribution < -0.4 is 22.5 Å².